The van der Waals surface area contributed by atoms with Gasteiger partial charge in [-0.05, 0) is 22.7 Å². The fourth-order valence-corrected chi connectivity index (χ4v) is 2.33. The van der Waals surface area contributed by atoms with E-state index in [4.69, 9.17) is 0 Å². The summed E-state index contributed by atoms with van der Waals surface area (Å²) in [7, 11) is 0. The van der Waals surface area contributed by atoms with Crippen molar-refractivity contribution >= 4 is 27.4 Å². The Kier molecular flexibility index (Phi) is 4.01. The lowest BCUT2D eigenvalue weighted by Gasteiger charge is -2.11. The molecule has 98 valence electrons. The summed E-state index contributed by atoms with van der Waals surface area (Å²) in [4.78, 5) is 26.4. The molecule has 0 radical (unpaired) electrons. The van der Waals surface area contributed by atoms with Gasteiger partial charge < -0.3 is 0 Å². The van der Waals surface area contributed by atoms with E-state index in [0.717, 1.165) is 16.9 Å². The van der Waals surface area contributed by atoms with E-state index in [0.29, 0.717) is 10.7 Å². The SMILES string of the molecule is CC(C)c1ccccc1C(=O)Nc1ncc(N=O)s1. The number of carbonyl (C=O) groups is 1. The molecule has 1 amide bonds. The number of hydrogen-bond acceptors (Lipinski definition) is 5. The van der Waals surface area contributed by atoms with E-state index in [9.17, 15) is 9.70 Å². The smallest absolute Gasteiger partial charge is 0.257 e. The summed E-state index contributed by atoms with van der Waals surface area (Å²) in [6.45, 7) is 4.06. The number of nitrogens with one attached hydrogen (secondary N) is 1. The van der Waals surface area contributed by atoms with Gasteiger partial charge in [0, 0.05) is 5.56 Å². The molecule has 0 aliphatic rings. The summed E-state index contributed by atoms with van der Waals surface area (Å²) < 4.78 is 0. The third kappa shape index (κ3) is 3.03. The molecule has 5 nitrogen and oxygen atoms in total. The Morgan fingerprint density at radius 2 is 2.11 bits per heavy atom. The van der Waals surface area contributed by atoms with Crippen LogP contribution in [-0.2, 0) is 0 Å². The quantitative estimate of drug-likeness (QED) is 0.860. The minimum Gasteiger partial charge on any atom is -0.298 e. The zero-order valence-corrected chi connectivity index (χ0v) is 11.4. The lowest BCUT2D eigenvalue weighted by molar-refractivity contribution is 0.102. The summed E-state index contributed by atoms with van der Waals surface area (Å²) in [5, 5.41) is 6.07. The standard InChI is InChI=1S/C13H13N3O2S/c1-8(2)9-5-3-4-6-10(9)12(17)15-13-14-7-11(16-18)19-13/h3-8H,1-2H3,(H,14,15,17). The van der Waals surface area contributed by atoms with Crippen LogP contribution in [0.4, 0.5) is 10.1 Å². The Balaban J connectivity index is 2.22. The van der Waals surface area contributed by atoms with Gasteiger partial charge in [0.05, 0.1) is 6.20 Å². The van der Waals surface area contributed by atoms with Gasteiger partial charge in [0.2, 0.25) is 0 Å². The van der Waals surface area contributed by atoms with Crippen molar-refractivity contribution in [2.24, 2.45) is 5.18 Å². The van der Waals surface area contributed by atoms with Gasteiger partial charge in [0.15, 0.2) is 10.1 Å². The van der Waals surface area contributed by atoms with Crippen molar-refractivity contribution in [3.05, 3.63) is 46.5 Å². The molecule has 6 heteroatoms. The van der Waals surface area contributed by atoms with Crippen molar-refractivity contribution in [3.63, 3.8) is 0 Å². The summed E-state index contributed by atoms with van der Waals surface area (Å²) in [6.07, 6.45) is 1.33. The lowest BCUT2D eigenvalue weighted by atomic mass is 9.97. The van der Waals surface area contributed by atoms with Gasteiger partial charge in [-0.2, -0.15) is 0 Å². The lowest BCUT2D eigenvalue weighted by Crippen LogP contribution is -2.14. The first-order valence-corrected chi connectivity index (χ1v) is 6.63. The van der Waals surface area contributed by atoms with Crippen LogP contribution in [0.25, 0.3) is 0 Å². The summed E-state index contributed by atoms with van der Waals surface area (Å²) in [5.41, 5.74) is 1.60. The molecule has 0 saturated heterocycles. The number of anilines is 1. The van der Waals surface area contributed by atoms with E-state index in [1.165, 1.54) is 6.20 Å². The number of rotatable bonds is 4. The van der Waals surface area contributed by atoms with E-state index < -0.39 is 0 Å². The highest BCUT2D eigenvalue weighted by Gasteiger charge is 2.14. The molecular formula is C13H13N3O2S. The molecule has 1 aromatic carbocycles. The summed E-state index contributed by atoms with van der Waals surface area (Å²) in [5.74, 6) is 0.0292. The van der Waals surface area contributed by atoms with Gasteiger partial charge in [0.25, 0.3) is 5.91 Å². The minimum absolute atomic E-state index is 0.226. The maximum atomic E-state index is 12.2. The van der Waals surface area contributed by atoms with Crippen LogP contribution >= 0.6 is 11.3 Å². The van der Waals surface area contributed by atoms with Gasteiger partial charge in [-0.15, -0.1) is 4.91 Å². The first-order valence-electron chi connectivity index (χ1n) is 5.81. The predicted molar refractivity (Wildman–Crippen MR) is 76.1 cm³/mol. The maximum Gasteiger partial charge on any atom is 0.257 e. The average Bonchev–Trinajstić information content (AvgIpc) is 2.86. The number of aromatic nitrogens is 1. The zero-order valence-electron chi connectivity index (χ0n) is 10.6. The number of amides is 1. The third-order valence-corrected chi connectivity index (χ3v) is 3.42. The van der Waals surface area contributed by atoms with Crippen LogP contribution in [0.1, 0.15) is 35.7 Å². The van der Waals surface area contributed by atoms with Crippen LogP contribution < -0.4 is 5.32 Å². The molecule has 1 N–H and O–H groups in total. The third-order valence-electron chi connectivity index (χ3n) is 2.63. The van der Waals surface area contributed by atoms with Crippen LogP contribution in [0.15, 0.2) is 35.6 Å². The van der Waals surface area contributed by atoms with Gasteiger partial charge in [0.1, 0.15) is 0 Å². The van der Waals surface area contributed by atoms with Crippen molar-refractivity contribution in [2.75, 3.05) is 5.32 Å². The summed E-state index contributed by atoms with van der Waals surface area (Å²) >= 11 is 1.05. The molecule has 0 aliphatic heterocycles. The second-order valence-electron chi connectivity index (χ2n) is 4.29. The van der Waals surface area contributed by atoms with Crippen molar-refractivity contribution < 1.29 is 4.79 Å². The van der Waals surface area contributed by atoms with Crippen molar-refractivity contribution in [2.45, 2.75) is 19.8 Å². The van der Waals surface area contributed by atoms with Crippen LogP contribution in [0, 0.1) is 4.91 Å². The van der Waals surface area contributed by atoms with Crippen LogP contribution in [0.3, 0.4) is 0 Å². The fourth-order valence-electron chi connectivity index (χ4n) is 1.74. The average molecular weight is 275 g/mol. The van der Waals surface area contributed by atoms with Gasteiger partial charge >= 0.3 is 0 Å². The number of thiazole rings is 1. The molecule has 1 aromatic heterocycles. The number of benzene rings is 1. The Labute approximate surface area is 114 Å². The first-order chi connectivity index (χ1) is 9.11. The molecule has 0 bridgehead atoms. The highest BCUT2D eigenvalue weighted by Crippen LogP contribution is 2.26. The minimum atomic E-state index is -0.226. The highest BCUT2D eigenvalue weighted by molar-refractivity contribution is 7.19. The second kappa shape index (κ2) is 5.71. The monoisotopic (exact) mass is 275 g/mol. The molecule has 0 aliphatic carbocycles. The van der Waals surface area contributed by atoms with Crippen LogP contribution in [0.5, 0.6) is 0 Å². The van der Waals surface area contributed by atoms with Crippen molar-refractivity contribution in [1.29, 1.82) is 0 Å². The fraction of sp³-hybridized carbons (Fsp3) is 0.231. The topological polar surface area (TPSA) is 71.4 Å². The largest absolute Gasteiger partial charge is 0.298 e. The van der Waals surface area contributed by atoms with Gasteiger partial charge in [-0.1, -0.05) is 43.4 Å². The molecule has 0 unspecified atom stereocenters. The number of carbonyl (C=O) groups excluding carboxylic acids is 1. The molecule has 0 fully saturated rings. The van der Waals surface area contributed by atoms with E-state index >= 15 is 0 Å². The molecule has 1 heterocycles. The van der Waals surface area contributed by atoms with Crippen LogP contribution in [-0.4, -0.2) is 10.9 Å². The number of hydrogen-bond donors (Lipinski definition) is 1. The number of nitrogens with zero attached hydrogens (tertiary/aromatic N) is 2. The maximum absolute atomic E-state index is 12.2. The first kappa shape index (κ1) is 13.4. The molecule has 0 saturated carbocycles. The molecule has 2 aromatic rings. The van der Waals surface area contributed by atoms with E-state index in [2.05, 4.69) is 15.5 Å². The zero-order chi connectivity index (χ0) is 13.8. The van der Waals surface area contributed by atoms with Gasteiger partial charge in [-0.3, -0.25) is 10.1 Å². The normalized spacial score (nSPS) is 10.5. The Morgan fingerprint density at radius 3 is 2.74 bits per heavy atom. The van der Waals surface area contributed by atoms with Crippen LogP contribution in [0.2, 0.25) is 0 Å². The second-order valence-corrected chi connectivity index (χ2v) is 5.30. The molecule has 2 rings (SSSR count). The van der Waals surface area contributed by atoms with Crippen molar-refractivity contribution in [3.8, 4) is 0 Å². The number of nitroso groups, excluding NO2 is 1. The molecule has 0 atom stereocenters. The molecule has 19 heavy (non-hydrogen) atoms. The van der Waals surface area contributed by atoms with Gasteiger partial charge in [-0.25, -0.2) is 4.98 Å². The Morgan fingerprint density at radius 1 is 1.37 bits per heavy atom. The predicted octanol–water partition coefficient (Wildman–Crippen LogP) is 3.92. The van der Waals surface area contributed by atoms with E-state index in [1.807, 2.05) is 32.0 Å². The molecular weight excluding hydrogens is 262 g/mol. The molecule has 0 spiro atoms. The van der Waals surface area contributed by atoms with E-state index in [1.54, 1.807) is 6.07 Å². The van der Waals surface area contributed by atoms with Crippen molar-refractivity contribution in [1.82, 2.24) is 4.98 Å². The Hall–Kier alpha value is -2.08. The Bertz CT molecular complexity index is 607. The highest BCUT2D eigenvalue weighted by atomic mass is 32.1. The van der Waals surface area contributed by atoms with E-state index in [-0.39, 0.29) is 16.8 Å². The summed E-state index contributed by atoms with van der Waals surface area (Å²) in [6, 6.07) is 7.43.